The lowest BCUT2D eigenvalue weighted by atomic mass is 10.2. The Bertz CT molecular complexity index is 938. The molecule has 2 aromatic carbocycles. The lowest BCUT2D eigenvalue weighted by Crippen LogP contribution is -1.99. The average Bonchev–Trinajstić information content (AvgIpc) is 2.69. The molecule has 140 valence electrons. The molecule has 3 aromatic rings. The monoisotopic (exact) mass is 388 g/mol. The zero-order valence-corrected chi connectivity index (χ0v) is 15.7. The van der Waals surface area contributed by atoms with Crippen molar-refractivity contribution in [3.63, 3.8) is 0 Å². The SMILES string of the molecule is CCc1cc(Oc2ccccc2OC)nc(SCc2cc(F)ccc2F)n1. The maximum Gasteiger partial charge on any atom is 0.223 e. The summed E-state index contributed by atoms with van der Waals surface area (Å²) in [7, 11) is 1.56. The van der Waals surface area contributed by atoms with Gasteiger partial charge >= 0.3 is 0 Å². The normalized spacial score (nSPS) is 10.7. The number of methoxy groups -OCH3 is 1. The number of benzene rings is 2. The molecule has 4 nitrogen and oxygen atoms in total. The van der Waals surface area contributed by atoms with Crippen molar-refractivity contribution in [3.8, 4) is 17.4 Å². The highest BCUT2D eigenvalue weighted by atomic mass is 32.2. The summed E-state index contributed by atoms with van der Waals surface area (Å²) >= 11 is 1.22. The third kappa shape index (κ3) is 4.95. The highest BCUT2D eigenvalue weighted by Gasteiger charge is 2.11. The molecule has 0 N–H and O–H groups in total. The summed E-state index contributed by atoms with van der Waals surface area (Å²) in [5, 5.41) is 0.433. The minimum absolute atomic E-state index is 0.213. The smallest absolute Gasteiger partial charge is 0.223 e. The van der Waals surface area contributed by atoms with Crippen LogP contribution in [0.5, 0.6) is 17.4 Å². The third-order valence-electron chi connectivity index (χ3n) is 3.75. The van der Waals surface area contributed by atoms with Gasteiger partial charge in [0.15, 0.2) is 16.7 Å². The van der Waals surface area contributed by atoms with Crippen LogP contribution in [-0.2, 0) is 12.2 Å². The van der Waals surface area contributed by atoms with E-state index in [2.05, 4.69) is 9.97 Å². The minimum Gasteiger partial charge on any atom is -0.493 e. The van der Waals surface area contributed by atoms with Crippen molar-refractivity contribution in [2.75, 3.05) is 7.11 Å². The fourth-order valence-electron chi connectivity index (χ4n) is 2.36. The number of thioether (sulfide) groups is 1. The van der Waals surface area contributed by atoms with E-state index >= 15 is 0 Å². The molecule has 0 atom stereocenters. The second-order valence-electron chi connectivity index (χ2n) is 5.61. The molecule has 0 saturated carbocycles. The first kappa shape index (κ1) is 19.1. The fraction of sp³-hybridized carbons (Fsp3) is 0.200. The molecule has 0 amide bonds. The van der Waals surface area contributed by atoms with E-state index < -0.39 is 11.6 Å². The molecule has 1 aromatic heterocycles. The third-order valence-corrected chi connectivity index (χ3v) is 4.64. The second kappa shape index (κ2) is 8.81. The molecule has 0 aliphatic heterocycles. The van der Waals surface area contributed by atoms with Gasteiger partial charge < -0.3 is 9.47 Å². The van der Waals surface area contributed by atoms with Crippen LogP contribution in [0.4, 0.5) is 8.78 Å². The summed E-state index contributed by atoms with van der Waals surface area (Å²) in [5.41, 5.74) is 1.05. The van der Waals surface area contributed by atoms with Gasteiger partial charge in [-0.15, -0.1) is 0 Å². The lowest BCUT2D eigenvalue weighted by Gasteiger charge is -2.11. The number of ether oxygens (including phenoxy) is 2. The van der Waals surface area contributed by atoms with Crippen molar-refractivity contribution < 1.29 is 18.3 Å². The highest BCUT2D eigenvalue weighted by Crippen LogP contribution is 2.31. The van der Waals surface area contributed by atoms with Gasteiger partial charge in [-0.25, -0.2) is 13.8 Å². The topological polar surface area (TPSA) is 44.2 Å². The number of para-hydroxylation sites is 2. The molecule has 0 fully saturated rings. The number of rotatable bonds is 7. The van der Waals surface area contributed by atoms with Crippen LogP contribution in [0.2, 0.25) is 0 Å². The molecule has 7 heteroatoms. The summed E-state index contributed by atoms with van der Waals surface area (Å²) < 4.78 is 38.3. The quantitative estimate of drug-likeness (QED) is 0.400. The molecule has 0 aliphatic carbocycles. The number of halogens is 2. The van der Waals surface area contributed by atoms with E-state index in [4.69, 9.17) is 9.47 Å². The Morgan fingerprint density at radius 2 is 1.78 bits per heavy atom. The van der Waals surface area contributed by atoms with Crippen LogP contribution in [0.1, 0.15) is 18.2 Å². The summed E-state index contributed by atoms with van der Waals surface area (Å²) in [5.74, 6) is 0.772. The van der Waals surface area contributed by atoms with Gasteiger partial charge in [0, 0.05) is 23.1 Å². The van der Waals surface area contributed by atoms with Crippen LogP contribution in [0, 0.1) is 11.6 Å². The predicted molar refractivity (Wildman–Crippen MR) is 100 cm³/mol. The zero-order valence-electron chi connectivity index (χ0n) is 14.9. The predicted octanol–water partition coefficient (Wildman–Crippen LogP) is 5.41. The maximum absolute atomic E-state index is 13.8. The van der Waals surface area contributed by atoms with E-state index in [1.807, 2.05) is 19.1 Å². The van der Waals surface area contributed by atoms with Crippen LogP contribution in [0.3, 0.4) is 0 Å². The Morgan fingerprint density at radius 3 is 2.52 bits per heavy atom. The fourth-order valence-corrected chi connectivity index (χ4v) is 3.20. The number of nitrogens with zero attached hydrogens (tertiary/aromatic N) is 2. The number of hydrogen-bond acceptors (Lipinski definition) is 5. The van der Waals surface area contributed by atoms with Crippen LogP contribution in [0.25, 0.3) is 0 Å². The van der Waals surface area contributed by atoms with Gasteiger partial charge in [-0.2, -0.15) is 4.98 Å². The summed E-state index contributed by atoms with van der Waals surface area (Å²) in [6.07, 6.45) is 0.687. The Labute approximate surface area is 160 Å². The Morgan fingerprint density at radius 1 is 1.00 bits per heavy atom. The Kier molecular flexibility index (Phi) is 6.24. The largest absolute Gasteiger partial charge is 0.493 e. The van der Waals surface area contributed by atoms with E-state index in [1.54, 1.807) is 25.3 Å². The van der Waals surface area contributed by atoms with E-state index in [0.29, 0.717) is 29.0 Å². The van der Waals surface area contributed by atoms with E-state index in [-0.39, 0.29) is 11.3 Å². The van der Waals surface area contributed by atoms with Crippen LogP contribution in [0.15, 0.2) is 53.7 Å². The standard InChI is InChI=1S/C20H18F2N2O2S/c1-3-15-11-19(26-18-7-5-4-6-17(18)25-2)24-20(23-15)27-12-13-10-14(21)8-9-16(13)22/h4-11H,3,12H2,1-2H3. The van der Waals surface area contributed by atoms with Crippen molar-refractivity contribution in [2.24, 2.45) is 0 Å². The molecular weight excluding hydrogens is 370 g/mol. The van der Waals surface area contributed by atoms with E-state index in [9.17, 15) is 8.78 Å². The van der Waals surface area contributed by atoms with Gasteiger partial charge in [-0.05, 0) is 36.8 Å². The molecule has 0 saturated heterocycles. The van der Waals surface area contributed by atoms with Gasteiger partial charge in [-0.1, -0.05) is 30.8 Å². The molecule has 0 spiro atoms. The molecule has 1 heterocycles. The highest BCUT2D eigenvalue weighted by molar-refractivity contribution is 7.98. The van der Waals surface area contributed by atoms with E-state index in [0.717, 1.165) is 17.8 Å². The van der Waals surface area contributed by atoms with Gasteiger partial charge in [0.25, 0.3) is 0 Å². The Balaban J connectivity index is 1.82. The number of aromatic nitrogens is 2. The number of aryl methyl sites for hydroxylation is 1. The first-order chi connectivity index (χ1) is 13.1. The van der Waals surface area contributed by atoms with Crippen molar-refractivity contribution in [1.29, 1.82) is 0 Å². The van der Waals surface area contributed by atoms with Crippen molar-refractivity contribution in [3.05, 3.63) is 71.4 Å². The summed E-state index contributed by atoms with van der Waals surface area (Å²) in [6.45, 7) is 1.97. The van der Waals surface area contributed by atoms with E-state index in [1.165, 1.54) is 17.8 Å². The van der Waals surface area contributed by atoms with Gasteiger partial charge in [0.1, 0.15) is 11.6 Å². The van der Waals surface area contributed by atoms with Crippen LogP contribution >= 0.6 is 11.8 Å². The second-order valence-corrected chi connectivity index (χ2v) is 6.55. The lowest BCUT2D eigenvalue weighted by molar-refractivity contribution is 0.372. The molecule has 0 unspecified atom stereocenters. The Hall–Kier alpha value is -2.67. The molecule has 0 bridgehead atoms. The maximum atomic E-state index is 13.8. The zero-order chi connectivity index (χ0) is 19.2. The van der Waals surface area contributed by atoms with Crippen LogP contribution in [-0.4, -0.2) is 17.1 Å². The van der Waals surface area contributed by atoms with Crippen molar-refractivity contribution in [1.82, 2.24) is 9.97 Å². The molecule has 0 aliphatic rings. The molecule has 0 radical (unpaired) electrons. The first-order valence-corrected chi connectivity index (χ1v) is 9.33. The molecule has 3 rings (SSSR count). The summed E-state index contributed by atoms with van der Waals surface area (Å²) in [6, 6.07) is 12.4. The van der Waals surface area contributed by atoms with Gasteiger partial charge in [0.05, 0.1) is 7.11 Å². The molecule has 27 heavy (non-hydrogen) atoms. The van der Waals surface area contributed by atoms with Gasteiger partial charge in [0.2, 0.25) is 5.88 Å². The van der Waals surface area contributed by atoms with Crippen molar-refractivity contribution >= 4 is 11.8 Å². The van der Waals surface area contributed by atoms with Gasteiger partial charge in [-0.3, -0.25) is 0 Å². The first-order valence-electron chi connectivity index (χ1n) is 8.34. The van der Waals surface area contributed by atoms with Crippen molar-refractivity contribution in [2.45, 2.75) is 24.3 Å². The minimum atomic E-state index is -0.476. The molecular formula is C20H18F2N2O2S. The van der Waals surface area contributed by atoms with Crippen LogP contribution < -0.4 is 9.47 Å². The summed E-state index contributed by atoms with van der Waals surface area (Å²) in [4.78, 5) is 8.80. The average molecular weight is 388 g/mol. The number of hydrogen-bond donors (Lipinski definition) is 0.